The summed E-state index contributed by atoms with van der Waals surface area (Å²) in [7, 11) is 5.22. The number of amides is 1. The predicted molar refractivity (Wildman–Crippen MR) is 146 cm³/mol. The number of piperidine rings is 1. The van der Waals surface area contributed by atoms with Gasteiger partial charge in [0.05, 0.1) is 19.8 Å². The minimum Gasteiger partial charge on any atom is -0.497 e. The van der Waals surface area contributed by atoms with E-state index >= 15 is 0 Å². The van der Waals surface area contributed by atoms with Gasteiger partial charge in [-0.25, -0.2) is 0 Å². The van der Waals surface area contributed by atoms with Gasteiger partial charge in [0.1, 0.15) is 11.5 Å². The van der Waals surface area contributed by atoms with Gasteiger partial charge in [-0.2, -0.15) is 0 Å². The highest BCUT2D eigenvalue weighted by Gasteiger charge is 2.58. The summed E-state index contributed by atoms with van der Waals surface area (Å²) < 4.78 is 10.9. The Labute approximate surface area is 220 Å². The van der Waals surface area contributed by atoms with Crippen LogP contribution in [0.1, 0.15) is 49.7 Å². The fourth-order valence-corrected chi connectivity index (χ4v) is 6.52. The molecule has 3 aliphatic rings. The van der Waals surface area contributed by atoms with Gasteiger partial charge in [0, 0.05) is 37.7 Å². The smallest absolute Gasteiger partial charge is 0.246 e. The number of carbonyl (C=O) groups excluding carboxylic acids is 1. The molecule has 1 N–H and O–H groups in total. The first-order valence-electron chi connectivity index (χ1n) is 13.5. The second-order valence-corrected chi connectivity index (χ2v) is 11.2. The highest BCUT2D eigenvalue weighted by atomic mass is 16.5. The van der Waals surface area contributed by atoms with Crippen molar-refractivity contribution in [1.29, 1.82) is 0 Å². The molecule has 1 amide bonds. The van der Waals surface area contributed by atoms with Crippen molar-refractivity contribution in [1.82, 2.24) is 9.80 Å². The lowest BCUT2D eigenvalue weighted by atomic mass is 9.55. The Morgan fingerprint density at radius 3 is 2.54 bits per heavy atom. The van der Waals surface area contributed by atoms with E-state index in [1.165, 1.54) is 12.8 Å². The molecule has 2 aromatic carbocycles. The van der Waals surface area contributed by atoms with Gasteiger partial charge >= 0.3 is 0 Å². The third-order valence-electron chi connectivity index (χ3n) is 8.95. The van der Waals surface area contributed by atoms with Crippen molar-refractivity contribution in [3.8, 4) is 11.5 Å². The van der Waals surface area contributed by atoms with Crippen molar-refractivity contribution in [2.75, 3.05) is 40.9 Å². The molecule has 0 spiro atoms. The molecule has 5 rings (SSSR count). The van der Waals surface area contributed by atoms with Crippen LogP contribution in [0.3, 0.4) is 0 Å². The van der Waals surface area contributed by atoms with E-state index in [-0.39, 0.29) is 11.9 Å². The normalized spacial score (nSPS) is 28.1. The van der Waals surface area contributed by atoms with E-state index in [2.05, 4.69) is 17.0 Å². The van der Waals surface area contributed by atoms with Gasteiger partial charge in [0.15, 0.2) is 0 Å². The summed E-state index contributed by atoms with van der Waals surface area (Å²) in [6.07, 6.45) is 9.19. The molecule has 198 valence electrons. The molecule has 0 bridgehead atoms. The Hall–Kier alpha value is -2.83. The van der Waals surface area contributed by atoms with Gasteiger partial charge in [-0.3, -0.25) is 4.79 Å². The average molecular weight is 505 g/mol. The molecular formula is C31H40N2O4. The second-order valence-electron chi connectivity index (χ2n) is 11.2. The van der Waals surface area contributed by atoms with Crippen LogP contribution in [-0.4, -0.2) is 73.4 Å². The van der Waals surface area contributed by atoms with Crippen molar-refractivity contribution in [3.05, 3.63) is 65.7 Å². The van der Waals surface area contributed by atoms with Gasteiger partial charge in [0.2, 0.25) is 5.91 Å². The molecule has 0 radical (unpaired) electrons. The van der Waals surface area contributed by atoms with Crippen LogP contribution in [0.4, 0.5) is 0 Å². The molecule has 1 saturated heterocycles. The fraction of sp³-hybridized carbons (Fsp3) is 0.516. The highest BCUT2D eigenvalue weighted by molar-refractivity contribution is 5.91. The summed E-state index contributed by atoms with van der Waals surface area (Å²) in [4.78, 5) is 17.6. The molecule has 3 fully saturated rings. The molecule has 2 saturated carbocycles. The Morgan fingerprint density at radius 2 is 1.81 bits per heavy atom. The average Bonchev–Trinajstić information content (AvgIpc) is 3.75. The van der Waals surface area contributed by atoms with E-state index in [1.54, 1.807) is 20.3 Å². The molecule has 0 aromatic heterocycles. The van der Waals surface area contributed by atoms with Crippen LogP contribution >= 0.6 is 0 Å². The summed E-state index contributed by atoms with van der Waals surface area (Å²) in [6, 6.07) is 15.9. The highest BCUT2D eigenvalue weighted by Crippen LogP contribution is 2.53. The number of hydrogen-bond acceptors (Lipinski definition) is 5. The topological polar surface area (TPSA) is 62.2 Å². The summed E-state index contributed by atoms with van der Waals surface area (Å²) in [5, 5.41) is 12.3. The molecule has 0 unspecified atom stereocenters. The molecule has 2 aliphatic carbocycles. The van der Waals surface area contributed by atoms with Gasteiger partial charge in [-0.05, 0) is 92.5 Å². The Balaban J connectivity index is 1.38. The number of β-amino-alcohol motifs (C(OH)–C–C–N with tert-alkyl or cyclic N) is 1. The lowest BCUT2D eigenvalue weighted by Gasteiger charge is -2.59. The number of nitrogens with zero attached hydrogens (tertiary/aromatic N) is 2. The lowest BCUT2D eigenvalue weighted by molar-refractivity contribution is -0.144. The fourth-order valence-electron chi connectivity index (χ4n) is 6.52. The van der Waals surface area contributed by atoms with Crippen molar-refractivity contribution in [2.24, 2.45) is 5.92 Å². The number of likely N-dealkylation sites (tertiary alicyclic amines) is 1. The van der Waals surface area contributed by atoms with Crippen LogP contribution in [0.2, 0.25) is 0 Å². The zero-order valence-electron chi connectivity index (χ0n) is 22.4. The summed E-state index contributed by atoms with van der Waals surface area (Å²) in [5.41, 5.74) is 0.798. The van der Waals surface area contributed by atoms with Crippen LogP contribution in [0, 0.1) is 5.92 Å². The zero-order valence-corrected chi connectivity index (χ0v) is 22.4. The second kappa shape index (κ2) is 10.5. The maximum atomic E-state index is 13.2. The quantitative estimate of drug-likeness (QED) is 0.536. The van der Waals surface area contributed by atoms with Crippen LogP contribution < -0.4 is 9.47 Å². The van der Waals surface area contributed by atoms with Gasteiger partial charge < -0.3 is 24.4 Å². The molecular weight excluding hydrogens is 464 g/mol. The maximum Gasteiger partial charge on any atom is 0.246 e. The standard InChI is InChI=1S/C31H40N2O4/c1-32(29(34)13-12-23-6-4-8-27(18-23)36-2)26-14-15-31(35)22-33(21-24-10-11-24)17-16-30(31,20-26)25-7-5-9-28(19-25)37-3/h4-9,12-13,18-19,24,26,35H,10-11,14-17,20-22H2,1-3H3/t26-,30+,31+/m1/s1. The van der Waals surface area contributed by atoms with Gasteiger partial charge in [0.25, 0.3) is 0 Å². The maximum absolute atomic E-state index is 13.2. The number of methoxy groups -OCH3 is 2. The number of benzene rings is 2. The molecule has 6 heteroatoms. The minimum absolute atomic E-state index is 0.0229. The molecule has 2 aromatic rings. The number of ether oxygens (including phenoxy) is 2. The first kappa shape index (κ1) is 25.8. The van der Waals surface area contributed by atoms with Gasteiger partial charge in [-0.15, -0.1) is 0 Å². The summed E-state index contributed by atoms with van der Waals surface area (Å²) >= 11 is 0. The van der Waals surface area contributed by atoms with E-state index in [1.807, 2.05) is 54.4 Å². The predicted octanol–water partition coefficient (Wildman–Crippen LogP) is 4.51. The third kappa shape index (κ3) is 5.27. The number of carbonyl (C=O) groups is 1. The van der Waals surface area contributed by atoms with E-state index in [9.17, 15) is 9.90 Å². The Morgan fingerprint density at radius 1 is 1.08 bits per heavy atom. The number of rotatable bonds is 8. The molecule has 1 aliphatic heterocycles. The van der Waals surface area contributed by atoms with E-state index in [0.717, 1.165) is 60.9 Å². The van der Waals surface area contributed by atoms with Crippen LogP contribution in [0.25, 0.3) is 6.08 Å². The number of aliphatic hydroxyl groups is 1. The van der Waals surface area contributed by atoms with Crippen molar-refractivity contribution < 1.29 is 19.4 Å². The van der Waals surface area contributed by atoms with Gasteiger partial charge in [-0.1, -0.05) is 24.3 Å². The monoisotopic (exact) mass is 504 g/mol. The Kier molecular flexibility index (Phi) is 7.32. The molecule has 37 heavy (non-hydrogen) atoms. The molecule has 3 atom stereocenters. The van der Waals surface area contributed by atoms with Crippen molar-refractivity contribution in [3.63, 3.8) is 0 Å². The third-order valence-corrected chi connectivity index (χ3v) is 8.95. The number of likely N-dealkylation sites (N-methyl/N-ethyl adjacent to an activating group) is 1. The van der Waals surface area contributed by atoms with Crippen LogP contribution in [0.5, 0.6) is 11.5 Å². The molecule has 1 heterocycles. The molecule has 6 nitrogen and oxygen atoms in total. The first-order chi connectivity index (χ1) is 17.9. The zero-order chi connectivity index (χ0) is 26.0. The van der Waals surface area contributed by atoms with Crippen LogP contribution in [-0.2, 0) is 10.2 Å². The summed E-state index contributed by atoms with van der Waals surface area (Å²) in [5.74, 6) is 2.35. The van der Waals surface area contributed by atoms with E-state index in [4.69, 9.17) is 9.47 Å². The number of fused-ring (bicyclic) bond motifs is 1. The Bertz CT molecular complexity index is 1150. The first-order valence-corrected chi connectivity index (χ1v) is 13.5. The number of hydrogen-bond donors (Lipinski definition) is 1. The summed E-state index contributed by atoms with van der Waals surface area (Å²) in [6.45, 7) is 2.75. The van der Waals surface area contributed by atoms with Crippen molar-refractivity contribution in [2.45, 2.75) is 55.6 Å². The lowest BCUT2D eigenvalue weighted by Crippen LogP contribution is -2.67. The van der Waals surface area contributed by atoms with E-state index < -0.39 is 11.0 Å². The SMILES string of the molecule is COc1cccc(C=CC(=O)N(C)[C@@H]2CC[C@]3(O)CN(CC4CC4)CC[C@@]3(c3cccc(OC)c3)C2)c1. The van der Waals surface area contributed by atoms with E-state index in [0.29, 0.717) is 13.0 Å². The van der Waals surface area contributed by atoms with Crippen LogP contribution in [0.15, 0.2) is 54.6 Å². The minimum atomic E-state index is -0.830. The van der Waals surface area contributed by atoms with Crippen molar-refractivity contribution >= 4 is 12.0 Å². The largest absolute Gasteiger partial charge is 0.497 e.